The van der Waals surface area contributed by atoms with E-state index in [0.29, 0.717) is 18.2 Å². The van der Waals surface area contributed by atoms with Crippen molar-refractivity contribution in [2.75, 3.05) is 13.2 Å². The lowest BCUT2D eigenvalue weighted by Gasteiger charge is -2.09. The monoisotopic (exact) mass is 224 g/mol. The van der Waals surface area contributed by atoms with Crippen molar-refractivity contribution in [3.63, 3.8) is 0 Å². The van der Waals surface area contributed by atoms with Gasteiger partial charge in [0, 0.05) is 13.1 Å². The van der Waals surface area contributed by atoms with Gasteiger partial charge in [-0.05, 0) is 24.7 Å². The van der Waals surface area contributed by atoms with Crippen LogP contribution in [-0.2, 0) is 6.54 Å². The molecule has 0 bridgehead atoms. The molecule has 82 valence electrons. The largest absolute Gasteiger partial charge is 0.395 e. The molecule has 1 aromatic carbocycles. The molecule has 3 nitrogen and oxygen atoms in total. The van der Waals surface area contributed by atoms with Crippen molar-refractivity contribution in [2.24, 2.45) is 0 Å². The molecule has 0 heterocycles. The van der Waals surface area contributed by atoms with E-state index in [9.17, 15) is 0 Å². The molecule has 0 unspecified atom stereocenters. The van der Waals surface area contributed by atoms with Gasteiger partial charge in [0.2, 0.25) is 0 Å². The van der Waals surface area contributed by atoms with Crippen LogP contribution in [0.4, 0.5) is 0 Å². The summed E-state index contributed by atoms with van der Waals surface area (Å²) in [5.74, 6) is 0. The van der Waals surface area contributed by atoms with Crippen LogP contribution in [0.3, 0.4) is 0 Å². The maximum absolute atomic E-state index is 8.58. The van der Waals surface area contributed by atoms with E-state index in [1.54, 1.807) is 0 Å². The molecule has 1 aromatic rings. The lowest BCUT2D eigenvalue weighted by atomic mass is 10.1. The van der Waals surface area contributed by atoms with E-state index in [1.165, 1.54) is 11.1 Å². The van der Waals surface area contributed by atoms with Crippen LogP contribution in [0.1, 0.15) is 11.1 Å². The minimum atomic E-state index is 0.0896. The Morgan fingerprint density at radius 3 is 2.53 bits per heavy atom. The van der Waals surface area contributed by atoms with Crippen LogP contribution in [0, 0.1) is 6.92 Å². The summed E-state index contributed by atoms with van der Waals surface area (Å²) in [6.45, 7) is 3.34. The van der Waals surface area contributed by atoms with Gasteiger partial charge < -0.3 is 15.7 Å². The first-order valence-electron chi connectivity index (χ1n) is 4.90. The maximum atomic E-state index is 8.58. The molecule has 4 heteroatoms. The molecule has 0 aliphatic heterocycles. The summed E-state index contributed by atoms with van der Waals surface area (Å²) in [4.78, 5) is 0. The first kappa shape index (κ1) is 11.9. The lowest BCUT2D eigenvalue weighted by molar-refractivity contribution is 0.300. The summed E-state index contributed by atoms with van der Waals surface area (Å²) in [6.07, 6.45) is 0. The Balaban J connectivity index is 2.30. The number of rotatable bonds is 4. The number of aryl methyl sites for hydroxylation is 1. The minimum Gasteiger partial charge on any atom is -0.395 e. The Bertz CT molecular complexity index is 311. The second kappa shape index (κ2) is 6.37. The number of aliphatic hydroxyl groups is 1. The standard InChI is InChI=1S/C11H16N2OS/c1-9-2-4-10(5-3-9)8-13-11(15)12-6-7-14/h2-5,14H,6-8H2,1H3,(H2,12,13,15). The number of hydrogen-bond donors (Lipinski definition) is 3. The molecule has 0 saturated heterocycles. The molecule has 0 aliphatic rings. The van der Waals surface area contributed by atoms with Gasteiger partial charge in [-0.15, -0.1) is 0 Å². The highest BCUT2D eigenvalue weighted by atomic mass is 32.1. The summed E-state index contributed by atoms with van der Waals surface area (Å²) in [5, 5.41) is 15.1. The number of nitrogens with one attached hydrogen (secondary N) is 2. The summed E-state index contributed by atoms with van der Waals surface area (Å²) in [6, 6.07) is 8.27. The van der Waals surface area contributed by atoms with Crippen molar-refractivity contribution in [1.29, 1.82) is 0 Å². The van der Waals surface area contributed by atoms with Crippen LogP contribution in [0.5, 0.6) is 0 Å². The smallest absolute Gasteiger partial charge is 0.166 e. The molecule has 0 aromatic heterocycles. The molecule has 0 aliphatic carbocycles. The Morgan fingerprint density at radius 2 is 1.93 bits per heavy atom. The highest BCUT2D eigenvalue weighted by Gasteiger charge is 1.95. The molecule has 0 spiro atoms. The van der Waals surface area contributed by atoms with Crippen LogP contribution < -0.4 is 10.6 Å². The van der Waals surface area contributed by atoms with Crippen LogP contribution >= 0.6 is 12.2 Å². The summed E-state index contributed by atoms with van der Waals surface area (Å²) in [5.41, 5.74) is 2.44. The molecule has 0 amide bonds. The van der Waals surface area contributed by atoms with Crippen LogP contribution in [0.25, 0.3) is 0 Å². The zero-order chi connectivity index (χ0) is 11.1. The van der Waals surface area contributed by atoms with Gasteiger partial charge in [0.25, 0.3) is 0 Å². The molecule has 0 saturated carbocycles. The molecular weight excluding hydrogens is 208 g/mol. The fourth-order valence-electron chi connectivity index (χ4n) is 1.12. The van der Waals surface area contributed by atoms with Gasteiger partial charge in [-0.2, -0.15) is 0 Å². The molecule has 15 heavy (non-hydrogen) atoms. The highest BCUT2D eigenvalue weighted by Crippen LogP contribution is 2.02. The normalized spacial score (nSPS) is 9.73. The van der Waals surface area contributed by atoms with E-state index in [2.05, 4.69) is 41.8 Å². The SMILES string of the molecule is Cc1ccc(CNC(=S)NCCO)cc1. The third-order valence-electron chi connectivity index (χ3n) is 1.97. The quantitative estimate of drug-likeness (QED) is 0.666. The van der Waals surface area contributed by atoms with Gasteiger partial charge in [-0.3, -0.25) is 0 Å². The summed E-state index contributed by atoms with van der Waals surface area (Å²) in [7, 11) is 0. The third-order valence-corrected chi connectivity index (χ3v) is 2.26. The number of thiocarbonyl (C=S) groups is 1. The van der Waals surface area contributed by atoms with Crippen molar-refractivity contribution in [2.45, 2.75) is 13.5 Å². The van der Waals surface area contributed by atoms with Gasteiger partial charge >= 0.3 is 0 Å². The van der Waals surface area contributed by atoms with Crippen molar-refractivity contribution >= 4 is 17.3 Å². The molecule has 0 fully saturated rings. The number of hydrogen-bond acceptors (Lipinski definition) is 2. The first-order chi connectivity index (χ1) is 7.22. The fourth-order valence-corrected chi connectivity index (χ4v) is 1.29. The zero-order valence-corrected chi connectivity index (χ0v) is 9.60. The topological polar surface area (TPSA) is 44.3 Å². The maximum Gasteiger partial charge on any atom is 0.166 e. The Kier molecular flexibility index (Phi) is 5.07. The molecule has 0 radical (unpaired) electrons. The summed E-state index contributed by atoms with van der Waals surface area (Å²) < 4.78 is 0. The van der Waals surface area contributed by atoms with E-state index in [4.69, 9.17) is 17.3 Å². The van der Waals surface area contributed by atoms with E-state index >= 15 is 0 Å². The predicted octanol–water partition coefficient (Wildman–Crippen LogP) is 0.951. The predicted molar refractivity (Wildman–Crippen MR) is 65.7 cm³/mol. The van der Waals surface area contributed by atoms with Crippen LogP contribution in [-0.4, -0.2) is 23.4 Å². The van der Waals surface area contributed by atoms with Gasteiger partial charge in [-0.1, -0.05) is 29.8 Å². The summed E-state index contributed by atoms with van der Waals surface area (Å²) >= 11 is 5.01. The highest BCUT2D eigenvalue weighted by molar-refractivity contribution is 7.80. The Labute approximate surface area is 95.5 Å². The number of benzene rings is 1. The average Bonchev–Trinajstić information content (AvgIpc) is 2.25. The van der Waals surface area contributed by atoms with Gasteiger partial charge in [0.05, 0.1) is 6.61 Å². The Morgan fingerprint density at radius 1 is 1.27 bits per heavy atom. The van der Waals surface area contributed by atoms with Crippen molar-refractivity contribution in [3.05, 3.63) is 35.4 Å². The molecule has 1 rings (SSSR count). The third kappa shape index (κ3) is 4.76. The van der Waals surface area contributed by atoms with E-state index < -0.39 is 0 Å². The lowest BCUT2D eigenvalue weighted by Crippen LogP contribution is -2.36. The van der Waals surface area contributed by atoms with Crippen molar-refractivity contribution in [1.82, 2.24) is 10.6 Å². The van der Waals surface area contributed by atoms with Crippen LogP contribution in [0.15, 0.2) is 24.3 Å². The van der Waals surface area contributed by atoms with Crippen molar-refractivity contribution in [3.8, 4) is 0 Å². The fraction of sp³-hybridized carbons (Fsp3) is 0.364. The van der Waals surface area contributed by atoms with Crippen molar-refractivity contribution < 1.29 is 5.11 Å². The first-order valence-corrected chi connectivity index (χ1v) is 5.31. The van der Waals surface area contributed by atoms with Gasteiger partial charge in [-0.25, -0.2) is 0 Å². The average molecular weight is 224 g/mol. The molecule has 3 N–H and O–H groups in total. The molecule has 0 atom stereocenters. The van der Waals surface area contributed by atoms with Gasteiger partial charge in [0.15, 0.2) is 5.11 Å². The molecular formula is C11H16N2OS. The Hall–Kier alpha value is -1.13. The van der Waals surface area contributed by atoms with E-state index in [-0.39, 0.29) is 6.61 Å². The van der Waals surface area contributed by atoms with Crippen LogP contribution in [0.2, 0.25) is 0 Å². The van der Waals surface area contributed by atoms with E-state index in [0.717, 1.165) is 0 Å². The zero-order valence-electron chi connectivity index (χ0n) is 8.79. The van der Waals surface area contributed by atoms with E-state index in [1.807, 2.05) is 0 Å². The second-order valence-corrected chi connectivity index (χ2v) is 3.73. The minimum absolute atomic E-state index is 0.0896. The van der Waals surface area contributed by atoms with Gasteiger partial charge in [0.1, 0.15) is 0 Å². The second-order valence-electron chi connectivity index (χ2n) is 3.32. The number of aliphatic hydroxyl groups excluding tert-OH is 1.